The number of para-hydroxylation sites is 1. The molecule has 0 atom stereocenters. The highest BCUT2D eigenvalue weighted by atomic mass is 16.5. The molecule has 3 aromatic carbocycles. The average Bonchev–Trinajstić information content (AvgIpc) is 2.59. The third-order valence-corrected chi connectivity index (χ3v) is 3.45. The summed E-state index contributed by atoms with van der Waals surface area (Å²) < 4.78 is 11.2. The van der Waals surface area contributed by atoms with Gasteiger partial charge in [-0.1, -0.05) is 42.5 Å². The van der Waals surface area contributed by atoms with Gasteiger partial charge in [-0.2, -0.15) is 0 Å². The van der Waals surface area contributed by atoms with Gasteiger partial charge in [0.15, 0.2) is 0 Å². The van der Waals surface area contributed by atoms with Crippen molar-refractivity contribution in [1.82, 2.24) is 0 Å². The Morgan fingerprint density at radius 1 is 0.826 bits per heavy atom. The van der Waals surface area contributed by atoms with E-state index in [1.165, 1.54) is 6.07 Å². The van der Waals surface area contributed by atoms with Gasteiger partial charge in [-0.15, -0.1) is 0 Å². The molecule has 0 amide bonds. The summed E-state index contributed by atoms with van der Waals surface area (Å²) in [7, 11) is 0. The fourth-order valence-electron chi connectivity index (χ4n) is 2.34. The van der Waals surface area contributed by atoms with Gasteiger partial charge in [-0.25, -0.2) is 4.79 Å². The van der Waals surface area contributed by atoms with Crippen molar-refractivity contribution in [2.75, 3.05) is 13.2 Å². The van der Waals surface area contributed by atoms with E-state index in [2.05, 4.69) is 0 Å². The molecule has 0 saturated heterocycles. The Morgan fingerprint density at radius 3 is 2.35 bits per heavy atom. The number of carboxylic acids is 1. The highest BCUT2D eigenvalue weighted by molar-refractivity contribution is 5.90. The lowest BCUT2D eigenvalue weighted by Gasteiger charge is -2.10. The highest BCUT2D eigenvalue weighted by Crippen LogP contribution is 2.21. The first-order chi connectivity index (χ1) is 11.2. The monoisotopic (exact) mass is 308 g/mol. The number of rotatable bonds is 6. The van der Waals surface area contributed by atoms with Crippen molar-refractivity contribution in [3.63, 3.8) is 0 Å². The molecule has 0 radical (unpaired) electrons. The van der Waals surface area contributed by atoms with Crippen LogP contribution in [0, 0.1) is 0 Å². The van der Waals surface area contributed by atoms with Gasteiger partial charge in [0.05, 0.1) is 0 Å². The second-order valence-electron chi connectivity index (χ2n) is 5.01. The Morgan fingerprint density at radius 2 is 1.52 bits per heavy atom. The molecule has 0 saturated carbocycles. The highest BCUT2D eigenvalue weighted by Gasteiger charge is 2.09. The second kappa shape index (κ2) is 6.83. The summed E-state index contributed by atoms with van der Waals surface area (Å²) in [5.74, 6) is 0.108. The van der Waals surface area contributed by atoms with Crippen molar-refractivity contribution in [3.8, 4) is 11.5 Å². The quantitative estimate of drug-likeness (QED) is 0.699. The van der Waals surface area contributed by atoms with Crippen LogP contribution < -0.4 is 9.47 Å². The van der Waals surface area contributed by atoms with Gasteiger partial charge in [0.25, 0.3) is 0 Å². The molecule has 3 aromatic rings. The van der Waals surface area contributed by atoms with E-state index < -0.39 is 5.97 Å². The fraction of sp³-hybridized carbons (Fsp3) is 0.105. The molecular weight excluding hydrogens is 292 g/mol. The zero-order valence-electron chi connectivity index (χ0n) is 12.4. The molecule has 0 aliphatic carbocycles. The lowest BCUT2D eigenvalue weighted by Crippen LogP contribution is -2.11. The molecule has 0 heterocycles. The molecule has 4 nitrogen and oxygen atoms in total. The minimum absolute atomic E-state index is 0.151. The molecule has 4 heteroatoms. The maximum absolute atomic E-state index is 11.1. The number of ether oxygens (including phenoxy) is 2. The first kappa shape index (κ1) is 14.9. The number of hydrogen-bond acceptors (Lipinski definition) is 3. The van der Waals surface area contributed by atoms with Crippen LogP contribution in [0.3, 0.4) is 0 Å². The Labute approximate surface area is 133 Å². The standard InChI is InChI=1S/C19H16O4/c20-19(21)17-7-3-4-8-18(17)23-12-11-22-16-10-9-14-5-1-2-6-15(14)13-16/h1-10,13H,11-12H2,(H,20,21). The van der Waals surface area contributed by atoms with Crippen LogP contribution in [0.15, 0.2) is 66.7 Å². The molecule has 0 unspecified atom stereocenters. The van der Waals surface area contributed by atoms with Crippen molar-refractivity contribution < 1.29 is 19.4 Å². The minimum atomic E-state index is -1.00. The first-order valence-corrected chi connectivity index (χ1v) is 7.31. The average molecular weight is 308 g/mol. The molecular formula is C19H16O4. The fourth-order valence-corrected chi connectivity index (χ4v) is 2.34. The smallest absolute Gasteiger partial charge is 0.339 e. The number of benzene rings is 3. The maximum Gasteiger partial charge on any atom is 0.339 e. The zero-order valence-corrected chi connectivity index (χ0v) is 12.4. The van der Waals surface area contributed by atoms with Crippen LogP contribution >= 0.6 is 0 Å². The summed E-state index contributed by atoms with van der Waals surface area (Å²) in [6, 6.07) is 20.5. The van der Waals surface area contributed by atoms with E-state index in [1.54, 1.807) is 18.2 Å². The molecule has 23 heavy (non-hydrogen) atoms. The van der Waals surface area contributed by atoms with Crippen LogP contribution in [-0.2, 0) is 0 Å². The molecule has 0 fully saturated rings. The predicted molar refractivity (Wildman–Crippen MR) is 88.3 cm³/mol. The molecule has 1 N–H and O–H groups in total. The number of carbonyl (C=O) groups is 1. The van der Waals surface area contributed by atoms with Gasteiger partial charge in [-0.05, 0) is 35.0 Å². The number of carboxylic acid groups (broad SMARTS) is 1. The molecule has 0 aliphatic heterocycles. The lowest BCUT2D eigenvalue weighted by atomic mass is 10.1. The number of aromatic carboxylic acids is 1. The van der Waals surface area contributed by atoms with Crippen LogP contribution in [0.2, 0.25) is 0 Å². The second-order valence-corrected chi connectivity index (χ2v) is 5.01. The van der Waals surface area contributed by atoms with E-state index in [1.807, 2.05) is 42.5 Å². The van der Waals surface area contributed by atoms with Crippen molar-refractivity contribution in [1.29, 1.82) is 0 Å². The van der Waals surface area contributed by atoms with E-state index in [9.17, 15) is 4.79 Å². The zero-order chi connectivity index (χ0) is 16.1. The molecule has 0 spiro atoms. The molecule has 3 rings (SSSR count). The largest absolute Gasteiger partial charge is 0.490 e. The lowest BCUT2D eigenvalue weighted by molar-refractivity contribution is 0.0691. The van der Waals surface area contributed by atoms with Gasteiger partial charge >= 0.3 is 5.97 Å². The van der Waals surface area contributed by atoms with Crippen LogP contribution in [-0.4, -0.2) is 24.3 Å². The normalized spacial score (nSPS) is 10.4. The number of fused-ring (bicyclic) bond motifs is 1. The van der Waals surface area contributed by atoms with E-state index in [4.69, 9.17) is 14.6 Å². The van der Waals surface area contributed by atoms with Crippen molar-refractivity contribution >= 4 is 16.7 Å². The third kappa shape index (κ3) is 3.61. The van der Waals surface area contributed by atoms with Gasteiger partial charge in [0.2, 0.25) is 0 Å². The van der Waals surface area contributed by atoms with Crippen LogP contribution in [0.1, 0.15) is 10.4 Å². The van der Waals surface area contributed by atoms with Crippen molar-refractivity contribution in [2.24, 2.45) is 0 Å². The van der Waals surface area contributed by atoms with E-state index in [0.29, 0.717) is 12.4 Å². The summed E-state index contributed by atoms with van der Waals surface area (Å²) in [6.07, 6.45) is 0. The summed E-state index contributed by atoms with van der Waals surface area (Å²) in [6.45, 7) is 0.614. The third-order valence-electron chi connectivity index (χ3n) is 3.45. The topological polar surface area (TPSA) is 55.8 Å². The molecule has 116 valence electrons. The molecule has 0 aliphatic rings. The van der Waals surface area contributed by atoms with E-state index >= 15 is 0 Å². The number of hydrogen-bond donors (Lipinski definition) is 1. The minimum Gasteiger partial charge on any atom is -0.490 e. The predicted octanol–water partition coefficient (Wildman–Crippen LogP) is 4.00. The maximum atomic E-state index is 11.1. The Hall–Kier alpha value is -3.01. The summed E-state index contributed by atoms with van der Waals surface area (Å²) in [5, 5.41) is 11.4. The van der Waals surface area contributed by atoms with Crippen molar-refractivity contribution in [2.45, 2.75) is 0 Å². The van der Waals surface area contributed by atoms with Crippen LogP contribution in [0.5, 0.6) is 11.5 Å². The Bertz CT molecular complexity index is 826. The summed E-state index contributed by atoms with van der Waals surface area (Å²) in [4.78, 5) is 11.1. The molecule has 0 aromatic heterocycles. The summed E-state index contributed by atoms with van der Waals surface area (Å²) in [5.41, 5.74) is 0.151. The van der Waals surface area contributed by atoms with E-state index in [-0.39, 0.29) is 12.2 Å². The van der Waals surface area contributed by atoms with Crippen LogP contribution in [0.4, 0.5) is 0 Å². The van der Waals surface area contributed by atoms with Gasteiger partial charge in [0.1, 0.15) is 30.3 Å². The Kier molecular flexibility index (Phi) is 4.43. The summed E-state index contributed by atoms with van der Waals surface area (Å²) >= 11 is 0. The first-order valence-electron chi connectivity index (χ1n) is 7.31. The van der Waals surface area contributed by atoms with Gasteiger partial charge in [0, 0.05) is 0 Å². The van der Waals surface area contributed by atoms with Gasteiger partial charge < -0.3 is 14.6 Å². The van der Waals surface area contributed by atoms with Crippen molar-refractivity contribution in [3.05, 3.63) is 72.3 Å². The van der Waals surface area contributed by atoms with Gasteiger partial charge in [-0.3, -0.25) is 0 Å². The van der Waals surface area contributed by atoms with E-state index in [0.717, 1.165) is 16.5 Å². The molecule has 0 bridgehead atoms. The SMILES string of the molecule is O=C(O)c1ccccc1OCCOc1ccc2ccccc2c1. The van der Waals surface area contributed by atoms with Crippen LogP contribution in [0.25, 0.3) is 10.8 Å². The Balaban J connectivity index is 1.58.